The lowest BCUT2D eigenvalue weighted by Gasteiger charge is -2.31. The molecule has 0 saturated heterocycles. The maximum Gasteiger partial charge on any atom is 0.310 e. The van der Waals surface area contributed by atoms with Crippen LogP contribution in [0.3, 0.4) is 0 Å². The molecule has 0 spiro atoms. The number of carbonyl (C=O) groups is 2. The predicted molar refractivity (Wildman–Crippen MR) is 134 cm³/mol. The third kappa shape index (κ3) is 4.19. The summed E-state index contributed by atoms with van der Waals surface area (Å²) in [7, 11) is 0. The largest absolute Gasteiger partial charge is 0.462 e. The van der Waals surface area contributed by atoms with Crippen LogP contribution in [0.2, 0.25) is 0 Å². The first-order valence-electron chi connectivity index (χ1n) is 12.6. The lowest BCUT2D eigenvalue weighted by Crippen LogP contribution is -2.35. The van der Waals surface area contributed by atoms with Crippen LogP contribution >= 0.6 is 0 Å². The Morgan fingerprint density at radius 3 is 2.24 bits per heavy atom. The zero-order valence-electron chi connectivity index (χ0n) is 20.5. The Hall–Kier alpha value is -2.88. The molecule has 2 fully saturated rings. The number of ether oxygens (including phenoxy) is 2. The van der Waals surface area contributed by atoms with Crippen molar-refractivity contribution in [2.24, 2.45) is 23.7 Å². The molecule has 2 aliphatic rings. The van der Waals surface area contributed by atoms with E-state index in [1.807, 2.05) is 27.7 Å². The van der Waals surface area contributed by atoms with Gasteiger partial charge >= 0.3 is 11.9 Å². The summed E-state index contributed by atoms with van der Waals surface area (Å²) in [5, 5.41) is 4.74. The summed E-state index contributed by atoms with van der Waals surface area (Å²) in [5.41, 5.74) is 0.272. The van der Waals surface area contributed by atoms with Crippen molar-refractivity contribution in [1.82, 2.24) is 0 Å². The van der Waals surface area contributed by atoms with Crippen molar-refractivity contribution >= 4 is 33.5 Å². The SMILES string of the molecule is CCC(C)C(=O)OC1CC2CC1CC2C(=O)OC(C)(C)c1ccc2cc3ccccc3cc2c1. The first-order chi connectivity index (χ1) is 16.2. The highest BCUT2D eigenvalue weighted by molar-refractivity contribution is 5.98. The summed E-state index contributed by atoms with van der Waals surface area (Å²) in [4.78, 5) is 25.4. The van der Waals surface area contributed by atoms with E-state index in [-0.39, 0.29) is 41.7 Å². The normalized spacial score (nSPS) is 24.9. The van der Waals surface area contributed by atoms with E-state index in [0.717, 1.165) is 36.6 Å². The first kappa shape index (κ1) is 22.9. The molecule has 178 valence electrons. The van der Waals surface area contributed by atoms with Gasteiger partial charge in [-0.2, -0.15) is 0 Å². The number of hydrogen-bond donors (Lipinski definition) is 0. The molecule has 2 saturated carbocycles. The molecule has 3 aromatic rings. The highest BCUT2D eigenvalue weighted by Gasteiger charge is 2.51. The molecule has 0 amide bonds. The van der Waals surface area contributed by atoms with E-state index in [1.165, 1.54) is 16.2 Å². The molecule has 5 atom stereocenters. The van der Waals surface area contributed by atoms with Gasteiger partial charge in [0.05, 0.1) is 11.8 Å². The van der Waals surface area contributed by atoms with E-state index in [4.69, 9.17) is 9.47 Å². The molecule has 5 unspecified atom stereocenters. The quantitative estimate of drug-likeness (QED) is 0.302. The number of rotatable bonds is 6. The van der Waals surface area contributed by atoms with E-state index in [1.54, 1.807) is 0 Å². The monoisotopic (exact) mass is 458 g/mol. The number of hydrogen-bond acceptors (Lipinski definition) is 4. The molecule has 2 aliphatic carbocycles. The minimum atomic E-state index is -0.721. The van der Waals surface area contributed by atoms with Gasteiger partial charge in [-0.25, -0.2) is 0 Å². The van der Waals surface area contributed by atoms with E-state index in [0.29, 0.717) is 0 Å². The third-order valence-electron chi connectivity index (χ3n) is 8.13. The highest BCUT2D eigenvalue weighted by Crippen LogP contribution is 2.50. The van der Waals surface area contributed by atoms with Gasteiger partial charge in [0.15, 0.2) is 0 Å². The minimum Gasteiger partial charge on any atom is -0.462 e. The van der Waals surface area contributed by atoms with E-state index >= 15 is 0 Å². The van der Waals surface area contributed by atoms with Gasteiger partial charge < -0.3 is 9.47 Å². The number of carbonyl (C=O) groups excluding carboxylic acids is 2. The smallest absolute Gasteiger partial charge is 0.310 e. The van der Waals surface area contributed by atoms with Crippen LogP contribution in [-0.4, -0.2) is 18.0 Å². The molecular weight excluding hydrogens is 424 g/mol. The fourth-order valence-corrected chi connectivity index (χ4v) is 5.79. The Morgan fingerprint density at radius 2 is 1.59 bits per heavy atom. The fourth-order valence-electron chi connectivity index (χ4n) is 5.79. The number of esters is 2. The maximum atomic E-state index is 13.2. The second-order valence-corrected chi connectivity index (χ2v) is 10.8. The molecule has 0 aliphatic heterocycles. The van der Waals surface area contributed by atoms with E-state index in [2.05, 4.69) is 54.6 Å². The standard InChI is InChI=1S/C30H34O4/c1-5-18(2)28(31)33-27-17-23-14-24(27)16-26(23)29(32)34-30(3,4)25-11-10-21-12-19-8-6-7-9-20(19)13-22(21)15-25/h6-13,15,18,23-24,26-27H,5,14,16-17H2,1-4H3. The van der Waals surface area contributed by atoms with Gasteiger partial charge in [-0.3, -0.25) is 9.59 Å². The van der Waals surface area contributed by atoms with Crippen molar-refractivity contribution in [3.63, 3.8) is 0 Å². The van der Waals surface area contributed by atoms with Gasteiger partial charge in [0, 0.05) is 0 Å². The molecule has 0 aromatic heterocycles. The number of benzene rings is 3. The van der Waals surface area contributed by atoms with Crippen LogP contribution in [0, 0.1) is 23.7 Å². The minimum absolute atomic E-state index is 0.0427. The van der Waals surface area contributed by atoms with Gasteiger partial charge in [0.1, 0.15) is 11.7 Å². The predicted octanol–water partition coefficient (Wildman–Crippen LogP) is 6.78. The first-order valence-corrected chi connectivity index (χ1v) is 12.6. The van der Waals surface area contributed by atoms with Crippen molar-refractivity contribution < 1.29 is 19.1 Å². The molecule has 4 heteroatoms. The fraction of sp³-hybridized carbons (Fsp3) is 0.467. The molecule has 34 heavy (non-hydrogen) atoms. The highest BCUT2D eigenvalue weighted by atomic mass is 16.6. The lowest BCUT2D eigenvalue weighted by molar-refractivity contribution is -0.166. The van der Waals surface area contributed by atoms with Crippen molar-refractivity contribution in [2.75, 3.05) is 0 Å². The molecule has 5 rings (SSSR count). The Labute approximate surface area is 201 Å². The summed E-state index contributed by atoms with van der Waals surface area (Å²) in [6.45, 7) is 7.85. The van der Waals surface area contributed by atoms with Crippen LogP contribution in [0.1, 0.15) is 58.9 Å². The number of fused-ring (bicyclic) bond motifs is 4. The lowest BCUT2D eigenvalue weighted by atomic mass is 9.86. The van der Waals surface area contributed by atoms with Gasteiger partial charge in [-0.05, 0) is 96.7 Å². The third-order valence-corrected chi connectivity index (χ3v) is 8.13. The van der Waals surface area contributed by atoms with Crippen LogP contribution < -0.4 is 0 Å². The summed E-state index contributed by atoms with van der Waals surface area (Å²) in [6.07, 6.45) is 3.22. The van der Waals surface area contributed by atoms with Crippen molar-refractivity contribution in [2.45, 2.75) is 65.1 Å². The van der Waals surface area contributed by atoms with Gasteiger partial charge in [0.25, 0.3) is 0 Å². The molecule has 3 aromatic carbocycles. The average molecular weight is 459 g/mol. The molecule has 0 N–H and O–H groups in total. The van der Waals surface area contributed by atoms with Crippen LogP contribution in [0.5, 0.6) is 0 Å². The summed E-state index contributed by atoms with van der Waals surface area (Å²) < 4.78 is 11.9. The Kier molecular flexibility index (Phi) is 5.87. The van der Waals surface area contributed by atoms with Crippen molar-refractivity contribution in [1.29, 1.82) is 0 Å². The Morgan fingerprint density at radius 1 is 0.912 bits per heavy atom. The van der Waals surface area contributed by atoms with Gasteiger partial charge in [-0.15, -0.1) is 0 Å². The summed E-state index contributed by atoms with van der Waals surface area (Å²) >= 11 is 0. The van der Waals surface area contributed by atoms with Gasteiger partial charge in [0.2, 0.25) is 0 Å². The topological polar surface area (TPSA) is 52.6 Å². The molecule has 2 bridgehead atoms. The van der Waals surface area contributed by atoms with Crippen molar-refractivity contribution in [3.8, 4) is 0 Å². The van der Waals surface area contributed by atoms with Crippen LogP contribution in [0.25, 0.3) is 21.5 Å². The van der Waals surface area contributed by atoms with Crippen molar-refractivity contribution in [3.05, 3.63) is 60.2 Å². The van der Waals surface area contributed by atoms with Crippen LogP contribution in [0.4, 0.5) is 0 Å². The second-order valence-electron chi connectivity index (χ2n) is 10.8. The Bertz CT molecular complexity index is 1240. The molecule has 0 radical (unpaired) electrons. The van der Waals surface area contributed by atoms with E-state index < -0.39 is 5.60 Å². The Balaban J connectivity index is 1.27. The maximum absolute atomic E-state index is 13.2. The summed E-state index contributed by atoms with van der Waals surface area (Å²) in [6, 6.07) is 19.1. The van der Waals surface area contributed by atoms with Crippen LogP contribution in [0.15, 0.2) is 54.6 Å². The second kappa shape index (κ2) is 8.72. The zero-order valence-corrected chi connectivity index (χ0v) is 20.5. The molecule has 4 nitrogen and oxygen atoms in total. The molecular formula is C30H34O4. The molecule has 0 heterocycles. The van der Waals surface area contributed by atoms with Gasteiger partial charge in [-0.1, -0.05) is 50.2 Å². The zero-order chi connectivity index (χ0) is 24.0. The average Bonchev–Trinajstić information content (AvgIpc) is 3.42. The van der Waals surface area contributed by atoms with E-state index in [9.17, 15) is 9.59 Å². The summed E-state index contributed by atoms with van der Waals surface area (Å²) in [5.74, 6) is 0.110. The van der Waals surface area contributed by atoms with Crippen LogP contribution in [-0.2, 0) is 24.7 Å².